The molecular formula is C18H34O4. The average Bonchev–Trinajstić information content (AvgIpc) is 2.48. The van der Waals surface area contributed by atoms with Gasteiger partial charge in [0.1, 0.15) is 0 Å². The molecule has 0 aliphatic heterocycles. The zero-order valence-electron chi connectivity index (χ0n) is 14.0. The monoisotopic (exact) mass is 314 g/mol. The number of aliphatic hydroxyl groups is 2. The number of aliphatic carboxylic acids is 1. The molecule has 0 saturated heterocycles. The molecule has 0 spiro atoms. The molecule has 0 saturated carbocycles. The Morgan fingerprint density at radius 1 is 0.909 bits per heavy atom. The minimum atomic E-state index is -0.710. The second kappa shape index (κ2) is 15.0. The predicted octanol–water partition coefficient (Wildman–Crippen LogP) is 4.05. The molecule has 0 fully saturated rings. The van der Waals surface area contributed by atoms with E-state index in [0.29, 0.717) is 12.8 Å². The first-order chi connectivity index (χ1) is 10.6. The lowest BCUT2D eigenvalue weighted by Gasteiger charge is -2.15. The highest BCUT2D eigenvalue weighted by Crippen LogP contribution is 2.11. The highest BCUT2D eigenvalue weighted by atomic mass is 16.4. The molecule has 2 atom stereocenters. The first-order valence-corrected chi connectivity index (χ1v) is 8.80. The number of carbonyl (C=O) groups is 1. The van der Waals surface area contributed by atoms with Crippen LogP contribution in [0.5, 0.6) is 0 Å². The van der Waals surface area contributed by atoms with Gasteiger partial charge in [0.25, 0.3) is 0 Å². The summed E-state index contributed by atoms with van der Waals surface area (Å²) in [7, 11) is 0. The summed E-state index contributed by atoms with van der Waals surface area (Å²) in [6, 6.07) is 0. The summed E-state index contributed by atoms with van der Waals surface area (Å²) in [6.45, 7) is 2.12. The number of allylic oxidation sites excluding steroid dienone is 1. The molecule has 0 aromatic rings. The molecular weight excluding hydrogens is 280 g/mol. The van der Waals surface area contributed by atoms with E-state index in [1.807, 2.05) is 6.08 Å². The Hall–Kier alpha value is -0.870. The maximum Gasteiger partial charge on any atom is 0.303 e. The maximum absolute atomic E-state index is 10.3. The summed E-state index contributed by atoms with van der Waals surface area (Å²) in [5.74, 6) is -0.710. The standard InChI is InChI=1S/C18H34O4/c1-2-3-10-13-16(19)17(20)14-11-8-6-4-5-7-9-12-15-18(21)22/h8,11,16-17,19-20H,2-7,9-10,12-15H2,1H3,(H,21,22)/t16-,17+/m1/s1. The number of carboxylic acid groups (broad SMARTS) is 1. The topological polar surface area (TPSA) is 77.8 Å². The van der Waals surface area contributed by atoms with Gasteiger partial charge in [0, 0.05) is 6.42 Å². The van der Waals surface area contributed by atoms with Crippen LogP contribution in [-0.2, 0) is 4.79 Å². The van der Waals surface area contributed by atoms with Crippen LogP contribution in [0.3, 0.4) is 0 Å². The van der Waals surface area contributed by atoms with E-state index in [1.165, 1.54) is 0 Å². The first kappa shape index (κ1) is 21.1. The van der Waals surface area contributed by atoms with Gasteiger partial charge in [0.15, 0.2) is 0 Å². The molecule has 0 aromatic heterocycles. The normalized spacial score (nSPS) is 14.3. The summed E-state index contributed by atoms with van der Waals surface area (Å²) in [6.07, 6.45) is 13.5. The fourth-order valence-electron chi connectivity index (χ4n) is 2.38. The van der Waals surface area contributed by atoms with Crippen molar-refractivity contribution < 1.29 is 20.1 Å². The van der Waals surface area contributed by atoms with E-state index in [2.05, 4.69) is 13.0 Å². The van der Waals surface area contributed by atoms with Crippen LogP contribution in [-0.4, -0.2) is 33.5 Å². The number of hydrogen-bond donors (Lipinski definition) is 3. The number of hydrogen-bond acceptors (Lipinski definition) is 3. The van der Waals surface area contributed by atoms with E-state index >= 15 is 0 Å². The Morgan fingerprint density at radius 2 is 1.59 bits per heavy atom. The van der Waals surface area contributed by atoms with Gasteiger partial charge >= 0.3 is 5.97 Å². The molecule has 0 radical (unpaired) electrons. The number of rotatable bonds is 15. The molecule has 0 aliphatic carbocycles. The summed E-state index contributed by atoms with van der Waals surface area (Å²) in [5.41, 5.74) is 0. The third kappa shape index (κ3) is 14.1. The van der Waals surface area contributed by atoms with Crippen LogP contribution in [0.4, 0.5) is 0 Å². The average molecular weight is 314 g/mol. The first-order valence-electron chi connectivity index (χ1n) is 8.80. The Balaban J connectivity index is 3.43. The second-order valence-corrected chi connectivity index (χ2v) is 6.04. The van der Waals surface area contributed by atoms with Gasteiger partial charge in [-0.25, -0.2) is 0 Å². The smallest absolute Gasteiger partial charge is 0.303 e. The lowest BCUT2D eigenvalue weighted by atomic mass is 10.0. The van der Waals surface area contributed by atoms with E-state index in [4.69, 9.17) is 5.11 Å². The van der Waals surface area contributed by atoms with Crippen molar-refractivity contribution in [3.8, 4) is 0 Å². The quantitative estimate of drug-likeness (QED) is 0.315. The molecule has 0 aromatic carbocycles. The van der Waals surface area contributed by atoms with Gasteiger partial charge in [-0.1, -0.05) is 57.6 Å². The van der Waals surface area contributed by atoms with Gasteiger partial charge in [-0.15, -0.1) is 0 Å². The third-order valence-electron chi connectivity index (χ3n) is 3.85. The van der Waals surface area contributed by atoms with Gasteiger partial charge in [-0.05, 0) is 32.1 Å². The van der Waals surface area contributed by atoms with E-state index in [-0.39, 0.29) is 6.42 Å². The molecule has 22 heavy (non-hydrogen) atoms. The van der Waals surface area contributed by atoms with Gasteiger partial charge in [-0.3, -0.25) is 4.79 Å². The lowest BCUT2D eigenvalue weighted by Crippen LogP contribution is -2.25. The largest absolute Gasteiger partial charge is 0.481 e. The van der Waals surface area contributed by atoms with Crippen LogP contribution in [0.2, 0.25) is 0 Å². The zero-order valence-corrected chi connectivity index (χ0v) is 14.0. The lowest BCUT2D eigenvalue weighted by molar-refractivity contribution is -0.137. The summed E-state index contributed by atoms with van der Waals surface area (Å²) < 4.78 is 0. The molecule has 0 unspecified atom stereocenters. The molecule has 0 aliphatic rings. The van der Waals surface area contributed by atoms with Crippen molar-refractivity contribution in [2.75, 3.05) is 0 Å². The SMILES string of the molecule is CCCCC[C@@H](O)[C@@H](O)CC=CCCCCCCCC(=O)O. The van der Waals surface area contributed by atoms with Crippen molar-refractivity contribution in [1.29, 1.82) is 0 Å². The van der Waals surface area contributed by atoms with Crippen molar-refractivity contribution in [2.45, 2.75) is 96.2 Å². The van der Waals surface area contributed by atoms with Crippen LogP contribution >= 0.6 is 0 Å². The molecule has 3 N–H and O–H groups in total. The Bertz CT molecular complexity index is 289. The molecule has 0 bridgehead atoms. The number of aliphatic hydroxyl groups excluding tert-OH is 2. The maximum atomic E-state index is 10.3. The minimum Gasteiger partial charge on any atom is -0.481 e. The van der Waals surface area contributed by atoms with E-state index in [0.717, 1.165) is 57.8 Å². The number of carboxylic acids is 1. The van der Waals surface area contributed by atoms with Crippen LogP contribution in [0.25, 0.3) is 0 Å². The van der Waals surface area contributed by atoms with Crippen molar-refractivity contribution in [1.82, 2.24) is 0 Å². The van der Waals surface area contributed by atoms with Crippen molar-refractivity contribution in [3.05, 3.63) is 12.2 Å². The second-order valence-electron chi connectivity index (χ2n) is 6.04. The van der Waals surface area contributed by atoms with Crippen LogP contribution in [0.1, 0.15) is 84.0 Å². The van der Waals surface area contributed by atoms with Gasteiger partial charge < -0.3 is 15.3 Å². The van der Waals surface area contributed by atoms with Crippen LogP contribution in [0, 0.1) is 0 Å². The van der Waals surface area contributed by atoms with E-state index < -0.39 is 18.2 Å². The summed E-state index contributed by atoms with van der Waals surface area (Å²) >= 11 is 0. The number of unbranched alkanes of at least 4 members (excludes halogenated alkanes) is 7. The zero-order chi connectivity index (χ0) is 16.6. The van der Waals surface area contributed by atoms with Crippen LogP contribution in [0.15, 0.2) is 12.2 Å². The molecule has 0 rings (SSSR count). The molecule has 0 amide bonds. The Morgan fingerprint density at radius 3 is 2.27 bits per heavy atom. The molecule has 4 heteroatoms. The Labute approximate surface area is 135 Å². The van der Waals surface area contributed by atoms with Crippen molar-refractivity contribution in [2.24, 2.45) is 0 Å². The van der Waals surface area contributed by atoms with Crippen LogP contribution < -0.4 is 0 Å². The van der Waals surface area contributed by atoms with Gasteiger partial charge in [0.2, 0.25) is 0 Å². The summed E-state index contributed by atoms with van der Waals surface area (Å²) in [5, 5.41) is 28.1. The highest BCUT2D eigenvalue weighted by molar-refractivity contribution is 5.66. The van der Waals surface area contributed by atoms with Crippen molar-refractivity contribution >= 4 is 5.97 Å². The molecule has 130 valence electrons. The third-order valence-corrected chi connectivity index (χ3v) is 3.85. The molecule has 4 nitrogen and oxygen atoms in total. The van der Waals surface area contributed by atoms with E-state index in [1.54, 1.807) is 0 Å². The minimum absolute atomic E-state index is 0.276. The Kier molecular flexibility index (Phi) is 14.4. The fourth-order valence-corrected chi connectivity index (χ4v) is 2.38. The fraction of sp³-hybridized carbons (Fsp3) is 0.833. The van der Waals surface area contributed by atoms with Crippen molar-refractivity contribution in [3.63, 3.8) is 0 Å². The van der Waals surface area contributed by atoms with Gasteiger partial charge in [0.05, 0.1) is 12.2 Å². The molecule has 0 heterocycles. The predicted molar refractivity (Wildman–Crippen MR) is 89.9 cm³/mol. The van der Waals surface area contributed by atoms with E-state index in [9.17, 15) is 15.0 Å². The highest BCUT2D eigenvalue weighted by Gasteiger charge is 2.13. The summed E-state index contributed by atoms with van der Waals surface area (Å²) in [4.78, 5) is 10.3. The van der Waals surface area contributed by atoms with Gasteiger partial charge in [-0.2, -0.15) is 0 Å².